The molecule has 98 valence electrons. The average molecular weight is 240 g/mol. The molecule has 1 N–H and O–H groups in total. The third-order valence-electron chi connectivity index (χ3n) is 3.62. The maximum absolute atomic E-state index is 10.9. The van der Waals surface area contributed by atoms with Crippen LogP contribution in [0.15, 0.2) is 12.2 Å². The Morgan fingerprint density at radius 3 is 2.65 bits per heavy atom. The summed E-state index contributed by atoms with van der Waals surface area (Å²) in [5.41, 5.74) is 0. The van der Waals surface area contributed by atoms with E-state index in [-0.39, 0.29) is 24.4 Å². The SMILES string of the molecule is COC(=O)C/C=C/[C@@H](C)[C@H](O)C1CCCCC1. The van der Waals surface area contributed by atoms with Crippen molar-refractivity contribution < 1.29 is 14.6 Å². The van der Waals surface area contributed by atoms with Crippen LogP contribution >= 0.6 is 0 Å². The van der Waals surface area contributed by atoms with E-state index in [4.69, 9.17) is 0 Å². The molecule has 1 saturated carbocycles. The van der Waals surface area contributed by atoms with Gasteiger partial charge in [0.2, 0.25) is 0 Å². The molecule has 0 radical (unpaired) electrons. The smallest absolute Gasteiger partial charge is 0.309 e. The van der Waals surface area contributed by atoms with E-state index in [1.807, 2.05) is 13.0 Å². The van der Waals surface area contributed by atoms with Gasteiger partial charge < -0.3 is 9.84 Å². The van der Waals surface area contributed by atoms with Gasteiger partial charge in [0.05, 0.1) is 19.6 Å². The van der Waals surface area contributed by atoms with Crippen LogP contribution in [0.1, 0.15) is 45.4 Å². The van der Waals surface area contributed by atoms with Gasteiger partial charge in [-0.25, -0.2) is 0 Å². The van der Waals surface area contributed by atoms with Crippen LogP contribution in [-0.4, -0.2) is 24.3 Å². The Labute approximate surface area is 104 Å². The van der Waals surface area contributed by atoms with Crippen LogP contribution in [0.2, 0.25) is 0 Å². The van der Waals surface area contributed by atoms with E-state index in [1.54, 1.807) is 6.08 Å². The molecule has 3 heteroatoms. The van der Waals surface area contributed by atoms with Gasteiger partial charge in [-0.1, -0.05) is 38.3 Å². The lowest BCUT2D eigenvalue weighted by atomic mass is 9.81. The number of carbonyl (C=O) groups is 1. The summed E-state index contributed by atoms with van der Waals surface area (Å²) in [5, 5.41) is 10.2. The largest absolute Gasteiger partial charge is 0.469 e. The molecule has 0 unspecified atom stereocenters. The highest BCUT2D eigenvalue weighted by Gasteiger charge is 2.24. The highest BCUT2D eigenvalue weighted by Crippen LogP contribution is 2.29. The van der Waals surface area contributed by atoms with Gasteiger partial charge in [-0.3, -0.25) is 4.79 Å². The lowest BCUT2D eigenvalue weighted by Crippen LogP contribution is -2.28. The Morgan fingerprint density at radius 2 is 2.06 bits per heavy atom. The van der Waals surface area contributed by atoms with E-state index >= 15 is 0 Å². The van der Waals surface area contributed by atoms with Gasteiger partial charge in [0.1, 0.15) is 0 Å². The molecule has 0 saturated heterocycles. The van der Waals surface area contributed by atoms with Crippen LogP contribution in [0.3, 0.4) is 0 Å². The molecular weight excluding hydrogens is 216 g/mol. The number of ether oxygens (including phenoxy) is 1. The zero-order valence-corrected chi connectivity index (χ0v) is 10.9. The fourth-order valence-electron chi connectivity index (χ4n) is 2.48. The summed E-state index contributed by atoms with van der Waals surface area (Å²) in [6, 6.07) is 0. The molecule has 0 amide bonds. The van der Waals surface area contributed by atoms with E-state index in [9.17, 15) is 9.90 Å². The lowest BCUT2D eigenvalue weighted by Gasteiger charge is -2.29. The second kappa shape index (κ2) is 7.49. The fraction of sp³-hybridized carbons (Fsp3) is 0.786. The summed E-state index contributed by atoms with van der Waals surface area (Å²) < 4.78 is 4.56. The third-order valence-corrected chi connectivity index (χ3v) is 3.62. The monoisotopic (exact) mass is 240 g/mol. The molecule has 0 aromatic rings. The fourth-order valence-corrected chi connectivity index (χ4v) is 2.48. The molecular formula is C14H24O3. The highest BCUT2D eigenvalue weighted by atomic mass is 16.5. The highest BCUT2D eigenvalue weighted by molar-refractivity contribution is 5.70. The molecule has 1 aliphatic rings. The standard InChI is InChI=1S/C14H24O3/c1-11(7-6-10-13(15)17-2)14(16)12-8-4-3-5-9-12/h6-7,11-12,14,16H,3-5,8-10H2,1-2H3/b7-6+/t11-,14+/m1/s1. The van der Waals surface area contributed by atoms with Gasteiger partial charge in [-0.05, 0) is 18.8 Å². The number of methoxy groups -OCH3 is 1. The second-order valence-corrected chi connectivity index (χ2v) is 4.96. The predicted octanol–water partition coefficient (Wildman–Crippen LogP) is 2.68. The minimum atomic E-state index is -0.274. The molecule has 1 aliphatic carbocycles. The van der Waals surface area contributed by atoms with E-state index in [0.717, 1.165) is 12.8 Å². The topological polar surface area (TPSA) is 46.5 Å². The second-order valence-electron chi connectivity index (χ2n) is 4.96. The molecule has 3 nitrogen and oxygen atoms in total. The third kappa shape index (κ3) is 4.90. The van der Waals surface area contributed by atoms with Crippen LogP contribution < -0.4 is 0 Å². The Bertz CT molecular complexity index is 254. The van der Waals surface area contributed by atoms with Crippen molar-refractivity contribution in [3.05, 3.63) is 12.2 Å². The van der Waals surface area contributed by atoms with Crippen LogP contribution in [0.25, 0.3) is 0 Å². The van der Waals surface area contributed by atoms with Crippen LogP contribution in [0, 0.1) is 11.8 Å². The Balaban J connectivity index is 2.34. The number of aliphatic hydroxyl groups is 1. The molecule has 1 fully saturated rings. The van der Waals surface area contributed by atoms with Gasteiger partial charge in [-0.15, -0.1) is 0 Å². The average Bonchev–Trinajstić information content (AvgIpc) is 2.38. The van der Waals surface area contributed by atoms with Crippen molar-refractivity contribution >= 4 is 5.97 Å². The van der Waals surface area contributed by atoms with Crippen molar-refractivity contribution in [1.82, 2.24) is 0 Å². The van der Waals surface area contributed by atoms with E-state index < -0.39 is 0 Å². The number of rotatable bonds is 5. The van der Waals surface area contributed by atoms with E-state index in [2.05, 4.69) is 4.74 Å². The van der Waals surface area contributed by atoms with Gasteiger partial charge in [0, 0.05) is 5.92 Å². The summed E-state index contributed by atoms with van der Waals surface area (Å²) in [6.45, 7) is 2.01. The molecule has 0 spiro atoms. The molecule has 0 aromatic heterocycles. The molecule has 17 heavy (non-hydrogen) atoms. The van der Waals surface area contributed by atoms with Crippen LogP contribution in [0.4, 0.5) is 0 Å². The first-order valence-electron chi connectivity index (χ1n) is 6.56. The Hall–Kier alpha value is -0.830. The summed E-state index contributed by atoms with van der Waals surface area (Å²) >= 11 is 0. The minimum Gasteiger partial charge on any atom is -0.469 e. The maximum atomic E-state index is 10.9. The Morgan fingerprint density at radius 1 is 1.41 bits per heavy atom. The first-order valence-corrected chi connectivity index (χ1v) is 6.56. The zero-order chi connectivity index (χ0) is 12.7. The van der Waals surface area contributed by atoms with Crippen LogP contribution in [-0.2, 0) is 9.53 Å². The number of carbonyl (C=O) groups excluding carboxylic acids is 1. The number of hydrogen-bond donors (Lipinski definition) is 1. The molecule has 0 aliphatic heterocycles. The lowest BCUT2D eigenvalue weighted by molar-refractivity contribution is -0.139. The van der Waals surface area contributed by atoms with Crippen molar-refractivity contribution in [2.75, 3.05) is 7.11 Å². The summed E-state index contributed by atoms with van der Waals surface area (Å²) in [4.78, 5) is 10.9. The first kappa shape index (κ1) is 14.2. The number of aliphatic hydroxyl groups excluding tert-OH is 1. The molecule has 0 heterocycles. The molecule has 1 rings (SSSR count). The van der Waals surface area contributed by atoms with Crippen molar-refractivity contribution in [3.63, 3.8) is 0 Å². The van der Waals surface area contributed by atoms with E-state index in [1.165, 1.54) is 26.4 Å². The summed E-state index contributed by atoms with van der Waals surface area (Å²) in [6.07, 6.45) is 9.78. The van der Waals surface area contributed by atoms with Crippen LogP contribution in [0.5, 0.6) is 0 Å². The maximum Gasteiger partial charge on any atom is 0.309 e. The molecule has 0 aromatic carbocycles. The quantitative estimate of drug-likeness (QED) is 0.593. The van der Waals surface area contributed by atoms with Gasteiger partial charge >= 0.3 is 5.97 Å². The van der Waals surface area contributed by atoms with Gasteiger partial charge in [0.15, 0.2) is 0 Å². The van der Waals surface area contributed by atoms with Crippen molar-refractivity contribution in [2.45, 2.75) is 51.6 Å². The Kier molecular flexibility index (Phi) is 6.27. The summed E-state index contributed by atoms with van der Waals surface area (Å²) in [5.74, 6) is 0.310. The van der Waals surface area contributed by atoms with Crippen molar-refractivity contribution in [3.8, 4) is 0 Å². The summed E-state index contributed by atoms with van der Waals surface area (Å²) in [7, 11) is 1.39. The minimum absolute atomic E-state index is 0.114. The van der Waals surface area contributed by atoms with E-state index in [0.29, 0.717) is 5.92 Å². The van der Waals surface area contributed by atoms with Gasteiger partial charge in [0.25, 0.3) is 0 Å². The normalized spacial score (nSPS) is 21.4. The van der Waals surface area contributed by atoms with Crippen molar-refractivity contribution in [1.29, 1.82) is 0 Å². The molecule has 2 atom stereocenters. The van der Waals surface area contributed by atoms with Gasteiger partial charge in [-0.2, -0.15) is 0 Å². The first-order chi connectivity index (χ1) is 8.15. The van der Waals surface area contributed by atoms with Crippen molar-refractivity contribution in [2.24, 2.45) is 11.8 Å². The zero-order valence-electron chi connectivity index (χ0n) is 10.9. The number of hydrogen-bond acceptors (Lipinski definition) is 3. The number of esters is 1. The molecule has 0 bridgehead atoms. The predicted molar refractivity (Wildman–Crippen MR) is 67.5 cm³/mol.